The maximum Gasteiger partial charge on any atom is 0.317 e. The van der Waals surface area contributed by atoms with E-state index < -0.39 is 0 Å². The Morgan fingerprint density at radius 2 is 2.25 bits per heavy atom. The number of carbonyl (C=O) groups is 1. The van der Waals surface area contributed by atoms with Gasteiger partial charge in [-0.05, 0) is 30.2 Å². The maximum atomic E-state index is 10.8. The van der Waals surface area contributed by atoms with Gasteiger partial charge < -0.3 is 9.84 Å². The number of aliphatic hydroxyl groups excluding tert-OH is 1. The highest BCUT2D eigenvalue weighted by molar-refractivity contribution is 5.72. The predicted octanol–water partition coefficient (Wildman–Crippen LogP) is 1.40. The zero-order valence-corrected chi connectivity index (χ0v) is 9.41. The molecule has 0 aliphatic heterocycles. The zero-order valence-electron chi connectivity index (χ0n) is 9.41. The molecule has 0 spiro atoms. The Kier molecular flexibility index (Phi) is 4.56. The molecule has 0 aliphatic carbocycles. The summed E-state index contributed by atoms with van der Waals surface area (Å²) in [5.74, 6) is 5.22. The van der Waals surface area contributed by atoms with Gasteiger partial charge in [-0.25, -0.2) is 0 Å². The summed E-state index contributed by atoms with van der Waals surface area (Å²) in [4.78, 5) is 10.8. The molecule has 3 nitrogen and oxygen atoms in total. The molecule has 0 atom stereocenters. The highest BCUT2D eigenvalue weighted by atomic mass is 16.5. The Balaban J connectivity index is 2.78. The van der Waals surface area contributed by atoms with E-state index in [0.717, 1.165) is 16.7 Å². The standard InChI is InChI=1S/C13H14O3/c1-10-6-7-11(8-12(10)9-14)4-3-5-13(15)16-2/h6-8,14H,5,9H2,1-2H3. The van der Waals surface area contributed by atoms with Crippen LogP contribution in [-0.4, -0.2) is 18.2 Å². The van der Waals surface area contributed by atoms with Crippen molar-refractivity contribution in [3.63, 3.8) is 0 Å². The lowest BCUT2D eigenvalue weighted by Crippen LogP contribution is -1.97. The number of hydrogen-bond donors (Lipinski definition) is 1. The van der Waals surface area contributed by atoms with Crippen LogP contribution in [0.5, 0.6) is 0 Å². The quantitative estimate of drug-likeness (QED) is 0.603. The molecule has 84 valence electrons. The van der Waals surface area contributed by atoms with Crippen LogP contribution >= 0.6 is 0 Å². The highest BCUT2D eigenvalue weighted by Gasteiger charge is 1.97. The molecule has 0 saturated carbocycles. The first-order valence-corrected chi connectivity index (χ1v) is 4.93. The van der Waals surface area contributed by atoms with Crippen LogP contribution in [0.25, 0.3) is 0 Å². The van der Waals surface area contributed by atoms with Gasteiger partial charge in [-0.1, -0.05) is 17.9 Å². The fourth-order valence-electron chi connectivity index (χ4n) is 1.21. The Morgan fingerprint density at radius 3 is 2.88 bits per heavy atom. The Labute approximate surface area is 95.1 Å². The molecule has 1 rings (SSSR count). The van der Waals surface area contributed by atoms with Gasteiger partial charge in [0.05, 0.1) is 13.7 Å². The summed E-state index contributed by atoms with van der Waals surface area (Å²) < 4.78 is 4.47. The van der Waals surface area contributed by atoms with Crippen molar-refractivity contribution >= 4 is 5.97 Å². The van der Waals surface area contributed by atoms with Crippen molar-refractivity contribution in [2.24, 2.45) is 0 Å². The molecular formula is C13H14O3. The fraction of sp³-hybridized carbons (Fsp3) is 0.308. The normalized spacial score (nSPS) is 9.19. The first kappa shape index (κ1) is 12.3. The van der Waals surface area contributed by atoms with E-state index in [4.69, 9.17) is 5.11 Å². The summed E-state index contributed by atoms with van der Waals surface area (Å²) in [6, 6.07) is 5.58. The van der Waals surface area contributed by atoms with E-state index in [2.05, 4.69) is 16.6 Å². The monoisotopic (exact) mass is 218 g/mol. The van der Waals surface area contributed by atoms with Crippen LogP contribution < -0.4 is 0 Å². The van der Waals surface area contributed by atoms with Gasteiger partial charge >= 0.3 is 5.97 Å². The second kappa shape index (κ2) is 5.94. The van der Waals surface area contributed by atoms with Gasteiger partial charge in [0.15, 0.2) is 0 Å². The van der Waals surface area contributed by atoms with Crippen molar-refractivity contribution < 1.29 is 14.6 Å². The number of ether oxygens (including phenoxy) is 1. The molecule has 1 N–H and O–H groups in total. The Bertz CT molecular complexity index is 438. The average Bonchev–Trinajstić information content (AvgIpc) is 2.31. The van der Waals surface area contributed by atoms with Gasteiger partial charge in [0, 0.05) is 5.56 Å². The molecule has 0 heterocycles. The smallest absolute Gasteiger partial charge is 0.317 e. The van der Waals surface area contributed by atoms with Gasteiger partial charge in [0.25, 0.3) is 0 Å². The van der Waals surface area contributed by atoms with E-state index in [-0.39, 0.29) is 19.0 Å². The van der Waals surface area contributed by atoms with E-state index in [0.29, 0.717) is 0 Å². The lowest BCUT2D eigenvalue weighted by Gasteiger charge is -2.01. The van der Waals surface area contributed by atoms with Crippen LogP contribution in [0.4, 0.5) is 0 Å². The number of carbonyl (C=O) groups excluding carboxylic acids is 1. The fourth-order valence-corrected chi connectivity index (χ4v) is 1.21. The molecular weight excluding hydrogens is 204 g/mol. The van der Waals surface area contributed by atoms with E-state index in [1.807, 2.05) is 25.1 Å². The summed E-state index contributed by atoms with van der Waals surface area (Å²) in [5.41, 5.74) is 2.67. The molecule has 16 heavy (non-hydrogen) atoms. The summed E-state index contributed by atoms with van der Waals surface area (Å²) in [6.45, 7) is 1.93. The van der Waals surface area contributed by atoms with Gasteiger partial charge in [-0.3, -0.25) is 4.79 Å². The number of aryl methyl sites for hydroxylation is 1. The topological polar surface area (TPSA) is 46.5 Å². The SMILES string of the molecule is COC(=O)CC#Cc1ccc(C)c(CO)c1. The highest BCUT2D eigenvalue weighted by Crippen LogP contribution is 2.10. The number of rotatable bonds is 2. The first-order chi connectivity index (χ1) is 7.67. The van der Waals surface area contributed by atoms with Crippen LogP contribution in [0.15, 0.2) is 18.2 Å². The molecule has 1 aromatic rings. The summed E-state index contributed by atoms with van der Waals surface area (Å²) in [6.07, 6.45) is 0.0822. The van der Waals surface area contributed by atoms with Gasteiger partial charge in [0.2, 0.25) is 0 Å². The van der Waals surface area contributed by atoms with Crippen molar-refractivity contribution in [3.8, 4) is 11.8 Å². The number of esters is 1. The van der Waals surface area contributed by atoms with E-state index in [1.54, 1.807) is 0 Å². The van der Waals surface area contributed by atoms with Crippen molar-refractivity contribution in [2.75, 3.05) is 7.11 Å². The molecule has 3 heteroatoms. The van der Waals surface area contributed by atoms with Crippen molar-refractivity contribution in [1.82, 2.24) is 0 Å². The van der Waals surface area contributed by atoms with Crippen molar-refractivity contribution in [3.05, 3.63) is 34.9 Å². The number of hydrogen-bond acceptors (Lipinski definition) is 3. The van der Waals surface area contributed by atoms with Crippen LogP contribution in [0.3, 0.4) is 0 Å². The second-order valence-electron chi connectivity index (χ2n) is 3.35. The van der Waals surface area contributed by atoms with Gasteiger partial charge in [-0.15, -0.1) is 0 Å². The van der Waals surface area contributed by atoms with Crippen LogP contribution in [0, 0.1) is 18.8 Å². The first-order valence-electron chi connectivity index (χ1n) is 4.93. The zero-order chi connectivity index (χ0) is 12.0. The average molecular weight is 218 g/mol. The van der Waals surface area contributed by atoms with E-state index in [9.17, 15) is 4.79 Å². The molecule has 0 fully saturated rings. The molecule has 1 aromatic carbocycles. The third-order valence-corrected chi connectivity index (χ3v) is 2.21. The molecule has 0 amide bonds. The minimum absolute atomic E-state index is 0.00163. The lowest BCUT2D eigenvalue weighted by atomic mass is 10.1. The van der Waals surface area contributed by atoms with E-state index in [1.165, 1.54) is 7.11 Å². The van der Waals surface area contributed by atoms with Crippen LogP contribution in [-0.2, 0) is 16.1 Å². The predicted molar refractivity (Wildman–Crippen MR) is 60.6 cm³/mol. The minimum Gasteiger partial charge on any atom is -0.468 e. The Hall–Kier alpha value is -1.79. The number of aliphatic hydroxyl groups is 1. The van der Waals surface area contributed by atoms with Gasteiger partial charge in [-0.2, -0.15) is 0 Å². The lowest BCUT2D eigenvalue weighted by molar-refractivity contribution is -0.139. The minimum atomic E-state index is -0.345. The van der Waals surface area contributed by atoms with Crippen LogP contribution in [0.1, 0.15) is 23.1 Å². The van der Waals surface area contributed by atoms with Crippen LogP contribution in [0.2, 0.25) is 0 Å². The molecule has 0 unspecified atom stereocenters. The van der Waals surface area contributed by atoms with Gasteiger partial charge in [0.1, 0.15) is 6.42 Å². The Morgan fingerprint density at radius 1 is 1.50 bits per heavy atom. The third-order valence-electron chi connectivity index (χ3n) is 2.21. The largest absolute Gasteiger partial charge is 0.468 e. The molecule has 0 aliphatic rings. The maximum absolute atomic E-state index is 10.8. The number of methoxy groups -OCH3 is 1. The number of benzene rings is 1. The second-order valence-corrected chi connectivity index (χ2v) is 3.35. The van der Waals surface area contributed by atoms with Crippen molar-refractivity contribution in [1.29, 1.82) is 0 Å². The summed E-state index contributed by atoms with van der Waals surface area (Å²) in [7, 11) is 1.33. The molecule has 0 saturated heterocycles. The van der Waals surface area contributed by atoms with Crippen molar-refractivity contribution in [2.45, 2.75) is 20.0 Å². The summed E-state index contributed by atoms with van der Waals surface area (Å²) >= 11 is 0. The molecule has 0 bridgehead atoms. The molecule has 0 radical (unpaired) electrons. The molecule has 0 aromatic heterocycles. The summed E-state index contributed by atoms with van der Waals surface area (Å²) in [5, 5.41) is 9.07. The third kappa shape index (κ3) is 3.41. The van der Waals surface area contributed by atoms with E-state index >= 15 is 0 Å².